The van der Waals surface area contributed by atoms with Gasteiger partial charge in [-0.3, -0.25) is 24.1 Å². The standard InChI is InChI=1S/C27H31F3N2O4.C26H29F3N2O4/c1-31(12-11-26(34)35)16-25(33)32-13-10-20-15-21(7-9-24(20)32)36-17-18-6-8-22(19-4-2-3-5-19)23(14-18)27(28,29)30;27-26(28,29)22-13-17(5-7-21(22)18-3-1-2-4-18)16-35-20-6-8-23-19(14-20)10-12-31(23)24(32)15-30-11-9-25(33)34/h6-9,14-15,19H,2-5,10-13,16-17H2,1H3,(H,34,35);5-8,13-14,18,30H,1-4,9-12,15-16H2,(H,33,34). The Labute approximate surface area is 408 Å². The van der Waals surface area contributed by atoms with E-state index in [-0.39, 0.29) is 75.9 Å². The molecule has 0 bridgehead atoms. The fraction of sp³-hybridized carbons (Fsp3) is 0.472. The Morgan fingerprint density at radius 3 is 1.52 bits per heavy atom. The Balaban J connectivity index is 0.000000209. The van der Waals surface area contributed by atoms with Gasteiger partial charge in [0.15, 0.2) is 0 Å². The highest BCUT2D eigenvalue weighted by molar-refractivity contribution is 5.97. The molecule has 4 aromatic carbocycles. The van der Waals surface area contributed by atoms with E-state index in [4.69, 9.17) is 19.7 Å². The van der Waals surface area contributed by atoms with Crippen molar-refractivity contribution in [3.63, 3.8) is 0 Å². The van der Waals surface area contributed by atoms with Gasteiger partial charge in [0.05, 0.1) is 37.1 Å². The Morgan fingerprint density at radius 1 is 0.634 bits per heavy atom. The van der Waals surface area contributed by atoms with Crippen molar-refractivity contribution in [1.82, 2.24) is 10.2 Å². The number of carboxylic acid groups (broad SMARTS) is 2. The van der Waals surface area contributed by atoms with E-state index in [1.165, 1.54) is 12.1 Å². The van der Waals surface area contributed by atoms with E-state index >= 15 is 0 Å². The molecule has 4 aromatic rings. The minimum atomic E-state index is -4.40. The molecule has 8 rings (SSSR count). The summed E-state index contributed by atoms with van der Waals surface area (Å²) in [6, 6.07) is 19.7. The summed E-state index contributed by atoms with van der Waals surface area (Å²) in [6.45, 7) is 1.72. The minimum absolute atomic E-state index is 0.0168. The molecular weight excluding hydrogens is 935 g/mol. The maximum atomic E-state index is 13.8. The number of amides is 2. The van der Waals surface area contributed by atoms with Crippen molar-refractivity contribution in [3.8, 4) is 11.5 Å². The predicted molar refractivity (Wildman–Crippen MR) is 254 cm³/mol. The number of carboxylic acids is 2. The predicted octanol–water partition coefficient (Wildman–Crippen LogP) is 10.1. The lowest BCUT2D eigenvalue weighted by Crippen LogP contribution is -2.38. The summed E-state index contributed by atoms with van der Waals surface area (Å²) in [5.74, 6) is -1.09. The second kappa shape index (κ2) is 23.4. The molecule has 71 heavy (non-hydrogen) atoms. The Kier molecular flexibility index (Phi) is 17.4. The number of alkyl halides is 6. The van der Waals surface area contributed by atoms with Crippen LogP contribution < -0.4 is 24.6 Å². The number of hydrogen-bond acceptors (Lipinski definition) is 8. The van der Waals surface area contributed by atoms with Gasteiger partial charge in [-0.05, 0) is 139 Å². The molecule has 0 saturated heterocycles. The van der Waals surface area contributed by atoms with Crippen LogP contribution in [-0.4, -0.2) is 85.2 Å². The van der Waals surface area contributed by atoms with Crippen molar-refractivity contribution in [2.75, 3.05) is 56.1 Å². The van der Waals surface area contributed by atoms with Crippen LogP contribution >= 0.6 is 0 Å². The van der Waals surface area contributed by atoms with Gasteiger partial charge in [-0.15, -0.1) is 0 Å². The SMILES string of the molecule is CN(CCC(=O)O)CC(=O)N1CCc2cc(OCc3ccc(C4CCCC4)c(C(F)(F)F)c3)ccc21.O=C(O)CCNCC(=O)N1CCc2cc(OCc3ccc(C4CCCC4)c(C(F)(F)F)c3)ccc21. The molecule has 18 heteroatoms. The number of likely N-dealkylation sites (N-methyl/N-ethyl adjacent to an activating group) is 1. The van der Waals surface area contributed by atoms with Crippen molar-refractivity contribution in [2.24, 2.45) is 0 Å². The highest BCUT2D eigenvalue weighted by Gasteiger charge is 2.38. The van der Waals surface area contributed by atoms with Crippen molar-refractivity contribution in [3.05, 3.63) is 117 Å². The second-order valence-corrected chi connectivity index (χ2v) is 18.8. The number of aliphatic carboxylic acids is 2. The zero-order valence-electron chi connectivity index (χ0n) is 39.7. The van der Waals surface area contributed by atoms with Crippen LogP contribution in [0.1, 0.15) is 121 Å². The first-order chi connectivity index (χ1) is 33.8. The molecule has 0 aromatic heterocycles. The first kappa shape index (κ1) is 52.7. The van der Waals surface area contributed by atoms with Gasteiger partial charge in [0.25, 0.3) is 0 Å². The van der Waals surface area contributed by atoms with Crippen LogP contribution in [-0.2, 0) is 57.6 Å². The third-order valence-electron chi connectivity index (χ3n) is 13.6. The molecule has 2 heterocycles. The van der Waals surface area contributed by atoms with Gasteiger partial charge >= 0.3 is 24.3 Å². The first-order valence-electron chi connectivity index (χ1n) is 24.2. The lowest BCUT2D eigenvalue weighted by molar-refractivity contribution is -0.139. The molecule has 0 radical (unpaired) electrons. The van der Waals surface area contributed by atoms with E-state index in [0.717, 1.165) is 73.9 Å². The number of nitrogens with zero attached hydrogens (tertiary/aromatic N) is 3. The van der Waals surface area contributed by atoms with Crippen LogP contribution in [0.3, 0.4) is 0 Å². The van der Waals surface area contributed by atoms with Gasteiger partial charge in [0, 0.05) is 37.6 Å². The molecule has 0 unspecified atom stereocenters. The number of hydrogen-bond donors (Lipinski definition) is 3. The fourth-order valence-electron chi connectivity index (χ4n) is 10.0. The second-order valence-electron chi connectivity index (χ2n) is 18.8. The van der Waals surface area contributed by atoms with E-state index in [9.17, 15) is 45.5 Å². The van der Waals surface area contributed by atoms with E-state index in [1.807, 2.05) is 12.1 Å². The molecule has 382 valence electrons. The van der Waals surface area contributed by atoms with Crippen molar-refractivity contribution in [2.45, 2.75) is 114 Å². The van der Waals surface area contributed by atoms with Crippen LogP contribution in [0, 0.1) is 0 Å². The zero-order valence-corrected chi connectivity index (χ0v) is 39.7. The molecule has 3 N–H and O–H groups in total. The van der Waals surface area contributed by atoms with Crippen LogP contribution in [0.2, 0.25) is 0 Å². The number of anilines is 2. The van der Waals surface area contributed by atoms with Crippen LogP contribution in [0.5, 0.6) is 11.5 Å². The smallest absolute Gasteiger partial charge is 0.416 e. The normalized spacial score (nSPS) is 15.9. The summed E-state index contributed by atoms with van der Waals surface area (Å²) in [6.07, 6.45) is -0.550. The molecule has 12 nitrogen and oxygen atoms in total. The summed E-state index contributed by atoms with van der Waals surface area (Å²) in [5, 5.41) is 20.3. The molecule has 0 atom stereocenters. The summed E-state index contributed by atoms with van der Waals surface area (Å²) in [7, 11) is 1.71. The average Bonchev–Trinajstić information content (AvgIpc) is 4.18. The molecular formula is C53H60F6N4O8. The number of carbonyl (C=O) groups excluding carboxylic acids is 2. The van der Waals surface area contributed by atoms with E-state index < -0.39 is 35.4 Å². The maximum Gasteiger partial charge on any atom is 0.416 e. The van der Waals surface area contributed by atoms with E-state index in [2.05, 4.69) is 5.32 Å². The summed E-state index contributed by atoms with van der Waals surface area (Å²) in [5.41, 5.74) is 3.97. The first-order valence-corrected chi connectivity index (χ1v) is 24.2. The quantitative estimate of drug-likeness (QED) is 0.0650. The topological polar surface area (TPSA) is 149 Å². The Bertz CT molecular complexity index is 2540. The van der Waals surface area contributed by atoms with Gasteiger partial charge in [-0.1, -0.05) is 49.9 Å². The number of halogens is 6. The van der Waals surface area contributed by atoms with Crippen LogP contribution in [0.25, 0.3) is 0 Å². The molecule has 4 aliphatic rings. The monoisotopic (exact) mass is 994 g/mol. The third kappa shape index (κ3) is 14.1. The number of carbonyl (C=O) groups is 4. The zero-order chi connectivity index (χ0) is 50.9. The molecule has 2 aliphatic carbocycles. The third-order valence-corrected chi connectivity index (χ3v) is 13.6. The van der Waals surface area contributed by atoms with E-state index in [1.54, 1.807) is 70.3 Å². The Hall–Kier alpha value is -6.14. The highest BCUT2D eigenvalue weighted by Crippen LogP contribution is 2.44. The number of benzene rings is 4. The molecule has 2 fully saturated rings. The van der Waals surface area contributed by atoms with Gasteiger partial charge in [0.2, 0.25) is 11.8 Å². The lowest BCUT2D eigenvalue weighted by atomic mass is 9.91. The number of nitrogens with one attached hydrogen (secondary N) is 1. The lowest BCUT2D eigenvalue weighted by Gasteiger charge is -2.22. The molecule has 0 spiro atoms. The van der Waals surface area contributed by atoms with Crippen molar-refractivity contribution < 1.29 is 65.2 Å². The van der Waals surface area contributed by atoms with Gasteiger partial charge in [0.1, 0.15) is 24.7 Å². The van der Waals surface area contributed by atoms with Crippen LogP contribution in [0.4, 0.5) is 37.7 Å². The van der Waals surface area contributed by atoms with Crippen LogP contribution in [0.15, 0.2) is 72.8 Å². The Morgan fingerprint density at radius 2 is 1.08 bits per heavy atom. The van der Waals surface area contributed by atoms with Gasteiger partial charge in [-0.2, -0.15) is 26.3 Å². The van der Waals surface area contributed by atoms with Gasteiger partial charge < -0.3 is 34.8 Å². The van der Waals surface area contributed by atoms with E-state index in [0.29, 0.717) is 59.7 Å². The maximum absolute atomic E-state index is 13.8. The summed E-state index contributed by atoms with van der Waals surface area (Å²) in [4.78, 5) is 51.5. The molecule has 2 aliphatic heterocycles. The van der Waals surface area contributed by atoms with Crippen molar-refractivity contribution in [1.29, 1.82) is 0 Å². The fourth-order valence-corrected chi connectivity index (χ4v) is 10.0. The van der Waals surface area contributed by atoms with Crippen molar-refractivity contribution >= 4 is 35.1 Å². The number of fused-ring (bicyclic) bond motifs is 2. The molecule has 2 saturated carbocycles. The summed E-state index contributed by atoms with van der Waals surface area (Å²) >= 11 is 0. The largest absolute Gasteiger partial charge is 0.489 e. The average molecular weight is 995 g/mol. The molecule has 2 amide bonds. The number of rotatable bonds is 18. The highest BCUT2D eigenvalue weighted by atomic mass is 19.4. The summed E-state index contributed by atoms with van der Waals surface area (Å²) < 4.78 is 94.1. The minimum Gasteiger partial charge on any atom is -0.489 e. The van der Waals surface area contributed by atoms with Gasteiger partial charge in [-0.25, -0.2) is 0 Å². The number of ether oxygens (including phenoxy) is 2.